The van der Waals surface area contributed by atoms with Crippen molar-refractivity contribution in [3.05, 3.63) is 87.9 Å². The molecule has 1 aliphatic carbocycles. The minimum Gasteiger partial charge on any atom is -0.507 e. The van der Waals surface area contributed by atoms with Crippen molar-refractivity contribution in [3.8, 4) is 17.2 Å². The van der Waals surface area contributed by atoms with Crippen LogP contribution in [-0.4, -0.2) is 33.9 Å². The molecule has 4 rings (SSSR count). The minimum absolute atomic E-state index is 0. The first-order valence-corrected chi connectivity index (χ1v) is 10.8. The number of hydrogen-bond donors (Lipinski definition) is 4. The molecule has 0 radical (unpaired) electrons. The summed E-state index contributed by atoms with van der Waals surface area (Å²) in [4.78, 5) is 11.2. The Labute approximate surface area is 203 Å². The Hall–Kier alpha value is -2.77. The zero-order valence-corrected chi connectivity index (χ0v) is 19.3. The van der Waals surface area contributed by atoms with E-state index in [1.165, 1.54) is 23.8 Å². The van der Waals surface area contributed by atoms with Crippen LogP contribution in [0.5, 0.6) is 17.2 Å². The molecule has 4 N–H and O–H groups in total. The van der Waals surface area contributed by atoms with Gasteiger partial charge in [0.05, 0.1) is 6.10 Å². The molecular formula is C25H25Cl2NO5. The summed E-state index contributed by atoms with van der Waals surface area (Å²) in [5.41, 5.74) is 2.98. The average molecular weight is 490 g/mol. The molecule has 0 unspecified atom stereocenters. The average Bonchev–Trinajstić information content (AvgIpc) is 2.78. The number of rotatable bonds is 7. The van der Waals surface area contributed by atoms with Crippen LogP contribution in [0.3, 0.4) is 0 Å². The Bertz CT molecular complexity index is 1140. The van der Waals surface area contributed by atoms with Crippen LogP contribution in [0.15, 0.2) is 60.7 Å². The predicted octanol–water partition coefficient (Wildman–Crippen LogP) is 5.14. The van der Waals surface area contributed by atoms with Crippen LogP contribution in [0.1, 0.15) is 39.6 Å². The van der Waals surface area contributed by atoms with Crippen LogP contribution in [0.4, 0.5) is 0 Å². The van der Waals surface area contributed by atoms with E-state index >= 15 is 0 Å². The first kappa shape index (κ1) is 24.9. The quantitative estimate of drug-likeness (QED) is 0.366. The Morgan fingerprint density at radius 2 is 1.85 bits per heavy atom. The number of halogens is 2. The van der Waals surface area contributed by atoms with Crippen molar-refractivity contribution in [3.63, 3.8) is 0 Å². The highest BCUT2D eigenvalue weighted by atomic mass is 35.5. The first-order chi connectivity index (χ1) is 15.4. The van der Waals surface area contributed by atoms with Gasteiger partial charge in [0, 0.05) is 17.6 Å². The van der Waals surface area contributed by atoms with Crippen molar-refractivity contribution in [2.75, 3.05) is 6.54 Å². The molecule has 33 heavy (non-hydrogen) atoms. The van der Waals surface area contributed by atoms with E-state index in [0.717, 1.165) is 30.4 Å². The number of fused-ring (bicyclic) bond motifs is 1. The van der Waals surface area contributed by atoms with Gasteiger partial charge in [-0.3, -0.25) is 0 Å². The monoisotopic (exact) mass is 489 g/mol. The summed E-state index contributed by atoms with van der Waals surface area (Å²) in [7, 11) is 0. The first-order valence-electron chi connectivity index (χ1n) is 10.4. The standard InChI is InChI=1S/C25H24ClNO5.ClH/c26-18-3-1-2-16(10-18)24(29)14-27-19-6-4-15-5-7-20(12-17(15)11-19)32-21-8-9-23(28)22(13-21)25(30)31;/h1-3,5,7-10,12-13,19,24,27-29H,4,6,11,14H2,(H,30,31);1H/t19-,24-;/m0./s1. The highest BCUT2D eigenvalue weighted by molar-refractivity contribution is 6.30. The zero-order chi connectivity index (χ0) is 22.7. The number of carboxylic acid groups (broad SMARTS) is 1. The van der Waals surface area contributed by atoms with Gasteiger partial charge in [0.1, 0.15) is 22.8 Å². The number of phenols is 1. The second-order valence-corrected chi connectivity index (χ2v) is 8.37. The number of aromatic hydroxyl groups is 1. The third-order valence-corrected chi connectivity index (χ3v) is 5.91. The van der Waals surface area contributed by atoms with E-state index in [1.54, 1.807) is 12.1 Å². The normalized spacial score (nSPS) is 15.8. The molecule has 6 nitrogen and oxygen atoms in total. The number of aryl methyl sites for hydroxylation is 1. The van der Waals surface area contributed by atoms with Gasteiger partial charge in [0.15, 0.2) is 0 Å². The van der Waals surface area contributed by atoms with Crippen LogP contribution >= 0.6 is 24.0 Å². The number of benzene rings is 3. The summed E-state index contributed by atoms with van der Waals surface area (Å²) >= 11 is 6.01. The Balaban J connectivity index is 0.00000306. The maximum atomic E-state index is 11.2. The molecule has 174 valence electrons. The molecule has 2 atom stereocenters. The molecule has 0 aromatic heterocycles. The lowest BCUT2D eigenvalue weighted by atomic mass is 9.88. The van der Waals surface area contributed by atoms with Gasteiger partial charge in [0.25, 0.3) is 0 Å². The molecule has 8 heteroatoms. The number of aromatic carboxylic acids is 1. The van der Waals surface area contributed by atoms with Crippen molar-refractivity contribution >= 4 is 30.0 Å². The third kappa shape index (κ3) is 6.18. The largest absolute Gasteiger partial charge is 0.507 e. The topological polar surface area (TPSA) is 99.0 Å². The summed E-state index contributed by atoms with van der Waals surface area (Å²) in [5.74, 6) is -0.572. The Morgan fingerprint density at radius 3 is 2.61 bits per heavy atom. The van der Waals surface area contributed by atoms with E-state index in [4.69, 9.17) is 16.3 Å². The number of aliphatic hydroxyl groups excluding tert-OH is 1. The van der Waals surface area contributed by atoms with Gasteiger partial charge >= 0.3 is 5.97 Å². The van der Waals surface area contributed by atoms with Crippen LogP contribution < -0.4 is 10.1 Å². The molecule has 3 aromatic carbocycles. The van der Waals surface area contributed by atoms with E-state index in [1.807, 2.05) is 30.3 Å². The third-order valence-electron chi connectivity index (χ3n) is 5.67. The molecule has 0 aliphatic heterocycles. The fourth-order valence-electron chi connectivity index (χ4n) is 3.97. The van der Waals surface area contributed by atoms with Crippen LogP contribution in [0.2, 0.25) is 5.02 Å². The lowest BCUT2D eigenvalue weighted by Crippen LogP contribution is -2.37. The van der Waals surface area contributed by atoms with Crippen molar-refractivity contribution in [2.45, 2.75) is 31.4 Å². The summed E-state index contributed by atoms with van der Waals surface area (Å²) < 4.78 is 5.85. The number of carboxylic acids is 1. The second-order valence-electron chi connectivity index (χ2n) is 7.94. The number of carbonyl (C=O) groups is 1. The lowest BCUT2D eigenvalue weighted by Gasteiger charge is -2.27. The summed E-state index contributed by atoms with van der Waals surface area (Å²) in [6.45, 7) is 0.433. The molecule has 0 amide bonds. The molecule has 0 spiro atoms. The maximum Gasteiger partial charge on any atom is 0.339 e. The van der Waals surface area contributed by atoms with E-state index in [9.17, 15) is 20.1 Å². The summed E-state index contributed by atoms with van der Waals surface area (Å²) in [6.07, 6.45) is 2.05. The van der Waals surface area contributed by atoms with E-state index < -0.39 is 12.1 Å². The molecule has 0 bridgehead atoms. The van der Waals surface area contributed by atoms with Gasteiger partial charge in [-0.1, -0.05) is 29.8 Å². The lowest BCUT2D eigenvalue weighted by molar-refractivity contribution is 0.0693. The van der Waals surface area contributed by atoms with E-state index in [2.05, 4.69) is 5.32 Å². The van der Waals surface area contributed by atoms with Crippen molar-refractivity contribution in [2.24, 2.45) is 0 Å². The fourth-order valence-corrected chi connectivity index (χ4v) is 4.17. The smallest absolute Gasteiger partial charge is 0.339 e. The minimum atomic E-state index is -1.22. The van der Waals surface area contributed by atoms with Crippen LogP contribution in [-0.2, 0) is 12.8 Å². The second kappa shape index (κ2) is 10.9. The molecule has 3 aromatic rings. The predicted molar refractivity (Wildman–Crippen MR) is 129 cm³/mol. The molecule has 0 heterocycles. The van der Waals surface area contributed by atoms with E-state index in [-0.39, 0.29) is 29.8 Å². The summed E-state index contributed by atoms with van der Waals surface area (Å²) in [5, 5.41) is 33.3. The van der Waals surface area contributed by atoms with Crippen molar-refractivity contribution in [1.29, 1.82) is 0 Å². The van der Waals surface area contributed by atoms with Crippen molar-refractivity contribution in [1.82, 2.24) is 5.32 Å². The molecule has 0 saturated heterocycles. The highest BCUT2D eigenvalue weighted by Crippen LogP contribution is 2.31. The number of nitrogens with one attached hydrogen (secondary N) is 1. The fraction of sp³-hybridized carbons (Fsp3) is 0.240. The maximum absolute atomic E-state index is 11.2. The van der Waals surface area contributed by atoms with Crippen LogP contribution in [0.25, 0.3) is 0 Å². The van der Waals surface area contributed by atoms with Gasteiger partial charge in [-0.2, -0.15) is 0 Å². The van der Waals surface area contributed by atoms with Gasteiger partial charge in [0.2, 0.25) is 0 Å². The number of ether oxygens (including phenoxy) is 1. The van der Waals surface area contributed by atoms with Crippen LogP contribution in [0, 0.1) is 0 Å². The molecule has 1 aliphatic rings. The number of hydrogen-bond acceptors (Lipinski definition) is 5. The highest BCUT2D eigenvalue weighted by Gasteiger charge is 2.20. The zero-order valence-electron chi connectivity index (χ0n) is 17.7. The molecule has 0 saturated carbocycles. The van der Waals surface area contributed by atoms with Gasteiger partial charge in [-0.25, -0.2) is 4.79 Å². The van der Waals surface area contributed by atoms with Gasteiger partial charge in [-0.15, -0.1) is 12.4 Å². The Kier molecular flexibility index (Phi) is 8.21. The van der Waals surface area contributed by atoms with E-state index in [0.29, 0.717) is 23.1 Å². The summed E-state index contributed by atoms with van der Waals surface area (Å²) in [6, 6.07) is 17.5. The SMILES string of the molecule is Cl.O=C(O)c1cc(Oc2ccc3c(c2)C[C@@H](NC[C@H](O)c2cccc(Cl)c2)CC3)ccc1O. The molecular weight excluding hydrogens is 465 g/mol. The molecule has 0 fully saturated rings. The van der Waals surface area contributed by atoms with Gasteiger partial charge < -0.3 is 25.4 Å². The van der Waals surface area contributed by atoms with Gasteiger partial charge in [-0.05, 0) is 78.4 Å². The number of aliphatic hydroxyl groups is 1. The Morgan fingerprint density at radius 1 is 1.09 bits per heavy atom. The van der Waals surface area contributed by atoms with Crippen molar-refractivity contribution < 1.29 is 24.9 Å².